The van der Waals surface area contributed by atoms with Crippen molar-refractivity contribution in [3.05, 3.63) is 35.1 Å². The zero-order valence-electron chi connectivity index (χ0n) is 10.2. The standard InChI is InChI=1S/C12H13F4NO2/c1-2-17(7-12(14,15)16)6-9-5-8(11(18)19)3-4-10(9)13/h3-5H,2,6-7H2,1H3,(H,18,19). The quantitative estimate of drug-likeness (QED) is 0.842. The van der Waals surface area contributed by atoms with Gasteiger partial charge in [-0.3, -0.25) is 4.90 Å². The number of carbonyl (C=O) groups is 1. The average molecular weight is 279 g/mol. The number of carboxylic acid groups (broad SMARTS) is 1. The van der Waals surface area contributed by atoms with Gasteiger partial charge in [0.15, 0.2) is 0 Å². The van der Waals surface area contributed by atoms with Crippen LogP contribution in [0.25, 0.3) is 0 Å². The van der Waals surface area contributed by atoms with Gasteiger partial charge in [0.2, 0.25) is 0 Å². The van der Waals surface area contributed by atoms with E-state index < -0.39 is 24.5 Å². The van der Waals surface area contributed by atoms with Gasteiger partial charge in [0, 0.05) is 12.1 Å². The summed E-state index contributed by atoms with van der Waals surface area (Å²) >= 11 is 0. The van der Waals surface area contributed by atoms with Gasteiger partial charge in [-0.1, -0.05) is 6.92 Å². The van der Waals surface area contributed by atoms with Crippen molar-refractivity contribution in [1.29, 1.82) is 0 Å². The smallest absolute Gasteiger partial charge is 0.401 e. The molecule has 0 amide bonds. The number of hydrogen-bond acceptors (Lipinski definition) is 2. The number of hydrogen-bond donors (Lipinski definition) is 1. The van der Waals surface area contributed by atoms with Gasteiger partial charge < -0.3 is 5.11 Å². The van der Waals surface area contributed by atoms with Crippen LogP contribution >= 0.6 is 0 Å². The van der Waals surface area contributed by atoms with Crippen molar-refractivity contribution in [2.24, 2.45) is 0 Å². The van der Waals surface area contributed by atoms with Gasteiger partial charge in [0.1, 0.15) is 5.82 Å². The van der Waals surface area contributed by atoms with E-state index in [9.17, 15) is 22.4 Å². The summed E-state index contributed by atoms with van der Waals surface area (Å²) in [6, 6.07) is 3.07. The third kappa shape index (κ3) is 4.86. The molecule has 19 heavy (non-hydrogen) atoms. The zero-order valence-corrected chi connectivity index (χ0v) is 10.2. The minimum atomic E-state index is -4.38. The Morgan fingerprint density at radius 1 is 1.37 bits per heavy atom. The molecule has 0 saturated carbocycles. The maximum absolute atomic E-state index is 13.5. The highest BCUT2D eigenvalue weighted by atomic mass is 19.4. The molecule has 0 bridgehead atoms. The van der Waals surface area contributed by atoms with Crippen molar-refractivity contribution < 1.29 is 27.5 Å². The predicted molar refractivity (Wildman–Crippen MR) is 60.4 cm³/mol. The largest absolute Gasteiger partial charge is 0.478 e. The summed E-state index contributed by atoms with van der Waals surface area (Å²) in [4.78, 5) is 11.7. The Morgan fingerprint density at radius 3 is 2.47 bits per heavy atom. The molecule has 1 aromatic carbocycles. The SMILES string of the molecule is CCN(Cc1cc(C(=O)O)ccc1F)CC(F)(F)F. The van der Waals surface area contributed by atoms with Crippen LogP contribution in [0, 0.1) is 5.82 Å². The van der Waals surface area contributed by atoms with Gasteiger partial charge in [0.05, 0.1) is 12.1 Å². The van der Waals surface area contributed by atoms with Gasteiger partial charge in [0.25, 0.3) is 0 Å². The Hall–Kier alpha value is -1.63. The first kappa shape index (κ1) is 15.4. The first-order chi connectivity index (χ1) is 8.73. The molecule has 0 atom stereocenters. The highest BCUT2D eigenvalue weighted by Gasteiger charge is 2.30. The Bertz CT molecular complexity index is 460. The molecule has 0 heterocycles. The maximum Gasteiger partial charge on any atom is 0.401 e. The maximum atomic E-state index is 13.5. The third-order valence-electron chi connectivity index (χ3n) is 2.54. The molecule has 0 aromatic heterocycles. The minimum Gasteiger partial charge on any atom is -0.478 e. The topological polar surface area (TPSA) is 40.5 Å². The number of aromatic carboxylic acids is 1. The molecule has 0 aliphatic heterocycles. The minimum absolute atomic E-state index is 0.0639. The van der Waals surface area contributed by atoms with Gasteiger partial charge in [-0.05, 0) is 24.7 Å². The van der Waals surface area contributed by atoms with Crippen molar-refractivity contribution in [1.82, 2.24) is 4.90 Å². The third-order valence-corrected chi connectivity index (χ3v) is 2.54. The summed E-state index contributed by atoms with van der Waals surface area (Å²) in [6.45, 7) is 0.143. The molecule has 1 rings (SSSR count). The number of carboxylic acids is 1. The summed E-state index contributed by atoms with van der Waals surface area (Å²) in [7, 11) is 0. The van der Waals surface area contributed by atoms with E-state index in [2.05, 4.69) is 0 Å². The van der Waals surface area contributed by atoms with Crippen LogP contribution in [0.4, 0.5) is 17.6 Å². The lowest BCUT2D eigenvalue weighted by Gasteiger charge is -2.22. The molecule has 0 aliphatic rings. The van der Waals surface area contributed by atoms with Gasteiger partial charge >= 0.3 is 12.1 Å². The molecule has 1 aromatic rings. The molecule has 1 N–H and O–H groups in total. The summed E-state index contributed by atoms with van der Waals surface area (Å²) in [5.41, 5.74) is -0.217. The molecule has 106 valence electrons. The van der Waals surface area contributed by atoms with Gasteiger partial charge in [-0.2, -0.15) is 13.2 Å². The fourth-order valence-corrected chi connectivity index (χ4v) is 1.60. The second kappa shape index (κ2) is 6.01. The van der Waals surface area contributed by atoms with E-state index in [1.807, 2.05) is 0 Å². The van der Waals surface area contributed by atoms with Crippen molar-refractivity contribution in [2.45, 2.75) is 19.6 Å². The van der Waals surface area contributed by atoms with Crippen LogP contribution in [0.15, 0.2) is 18.2 Å². The van der Waals surface area contributed by atoms with Crippen LogP contribution < -0.4 is 0 Å². The Kier molecular flexibility index (Phi) is 4.88. The molecule has 0 saturated heterocycles. The molecule has 7 heteroatoms. The van der Waals surface area contributed by atoms with Gasteiger partial charge in [-0.15, -0.1) is 0 Å². The predicted octanol–water partition coefficient (Wildman–Crippen LogP) is 2.91. The average Bonchev–Trinajstić information content (AvgIpc) is 2.28. The van der Waals surface area contributed by atoms with Crippen molar-refractivity contribution >= 4 is 5.97 Å². The lowest BCUT2D eigenvalue weighted by atomic mass is 10.1. The lowest BCUT2D eigenvalue weighted by Crippen LogP contribution is -2.33. The van der Waals surface area contributed by atoms with Crippen LogP contribution in [0.1, 0.15) is 22.8 Å². The highest BCUT2D eigenvalue weighted by molar-refractivity contribution is 5.87. The fourth-order valence-electron chi connectivity index (χ4n) is 1.60. The molecule has 0 radical (unpaired) electrons. The number of alkyl halides is 3. The second-order valence-corrected chi connectivity index (χ2v) is 4.03. The van der Waals surface area contributed by atoms with E-state index in [0.29, 0.717) is 0 Å². The fraction of sp³-hybridized carbons (Fsp3) is 0.417. The van der Waals surface area contributed by atoms with E-state index in [1.54, 1.807) is 0 Å². The second-order valence-electron chi connectivity index (χ2n) is 4.03. The van der Waals surface area contributed by atoms with Gasteiger partial charge in [-0.25, -0.2) is 9.18 Å². The summed E-state index contributed by atoms with van der Waals surface area (Å²) in [5, 5.41) is 8.76. The summed E-state index contributed by atoms with van der Waals surface area (Å²) in [6.07, 6.45) is -4.38. The normalized spacial score (nSPS) is 11.9. The molecule has 0 fully saturated rings. The molecule has 0 aliphatic carbocycles. The number of nitrogens with zero attached hydrogens (tertiary/aromatic N) is 1. The number of rotatable bonds is 5. The molecular weight excluding hydrogens is 266 g/mol. The molecular formula is C12H13F4NO2. The Balaban J connectivity index is 2.90. The van der Waals surface area contributed by atoms with E-state index in [1.165, 1.54) is 6.92 Å². The monoisotopic (exact) mass is 279 g/mol. The Labute approximate surface area is 107 Å². The van der Waals surface area contributed by atoms with Crippen molar-refractivity contribution in [3.8, 4) is 0 Å². The van der Waals surface area contributed by atoms with Crippen LogP contribution in [0.5, 0.6) is 0 Å². The first-order valence-electron chi connectivity index (χ1n) is 5.53. The van der Waals surface area contributed by atoms with Crippen LogP contribution in [-0.4, -0.2) is 35.2 Å². The van der Waals surface area contributed by atoms with E-state index in [-0.39, 0.29) is 24.2 Å². The van der Waals surface area contributed by atoms with E-state index in [4.69, 9.17) is 5.11 Å². The molecule has 3 nitrogen and oxygen atoms in total. The molecule has 0 unspecified atom stereocenters. The van der Waals surface area contributed by atoms with E-state index >= 15 is 0 Å². The van der Waals surface area contributed by atoms with Crippen molar-refractivity contribution in [2.75, 3.05) is 13.1 Å². The van der Waals surface area contributed by atoms with Crippen LogP contribution in [0.3, 0.4) is 0 Å². The molecule has 0 spiro atoms. The number of halogens is 4. The first-order valence-corrected chi connectivity index (χ1v) is 5.53. The van der Waals surface area contributed by atoms with Crippen molar-refractivity contribution in [3.63, 3.8) is 0 Å². The zero-order chi connectivity index (χ0) is 14.6. The number of benzene rings is 1. The van der Waals surface area contributed by atoms with Crippen LogP contribution in [-0.2, 0) is 6.54 Å². The highest BCUT2D eigenvalue weighted by Crippen LogP contribution is 2.19. The lowest BCUT2D eigenvalue weighted by molar-refractivity contribution is -0.146. The summed E-state index contributed by atoms with van der Waals surface area (Å²) in [5.74, 6) is -1.97. The van der Waals surface area contributed by atoms with Crippen LogP contribution in [0.2, 0.25) is 0 Å². The Morgan fingerprint density at radius 2 is 2.00 bits per heavy atom. The van der Waals surface area contributed by atoms with E-state index in [0.717, 1.165) is 23.1 Å². The summed E-state index contributed by atoms with van der Waals surface area (Å²) < 4.78 is 50.3.